The van der Waals surface area contributed by atoms with Crippen LogP contribution in [0.1, 0.15) is 6.92 Å². The van der Waals surface area contributed by atoms with Crippen LogP contribution in [0.15, 0.2) is 39.7 Å². The van der Waals surface area contributed by atoms with E-state index in [1.807, 2.05) is 0 Å². The van der Waals surface area contributed by atoms with Crippen LogP contribution in [0.5, 0.6) is 0 Å². The Kier molecular flexibility index (Phi) is 4.23. The zero-order valence-electron chi connectivity index (χ0n) is 8.63. The number of hydrogen-bond donors (Lipinski definition) is 1. The van der Waals surface area contributed by atoms with Crippen LogP contribution < -0.4 is 4.72 Å². The van der Waals surface area contributed by atoms with Crippen LogP contribution in [0.4, 0.5) is 4.39 Å². The Labute approximate surface area is 103 Å². The molecule has 0 saturated heterocycles. The molecule has 0 aliphatic carbocycles. The number of nitrogens with one attached hydrogen (secondary N) is 1. The molecule has 0 atom stereocenters. The molecule has 0 aliphatic rings. The minimum Gasteiger partial charge on any atom is -0.207 e. The van der Waals surface area contributed by atoms with Crippen molar-refractivity contribution in [2.45, 2.75) is 11.8 Å². The van der Waals surface area contributed by atoms with Crippen molar-refractivity contribution in [3.63, 3.8) is 0 Å². The fraction of sp³-hybridized carbons (Fsp3) is 0.200. The van der Waals surface area contributed by atoms with E-state index < -0.39 is 15.8 Å². The summed E-state index contributed by atoms with van der Waals surface area (Å²) in [7, 11) is -3.63. The highest BCUT2D eigenvalue weighted by atomic mass is 79.9. The molecule has 1 rings (SSSR count). The number of hydrogen-bond acceptors (Lipinski definition) is 2. The van der Waals surface area contributed by atoms with Crippen LogP contribution in [0, 0.1) is 5.82 Å². The van der Waals surface area contributed by atoms with Gasteiger partial charge < -0.3 is 0 Å². The largest absolute Gasteiger partial charge is 0.241 e. The zero-order chi connectivity index (χ0) is 12.3. The third kappa shape index (κ3) is 3.40. The topological polar surface area (TPSA) is 46.2 Å². The standard InChI is InChI=1S/C10H11BrFNO2S/c1-7(2)6-13-16(14,15)10-4-3-8(12)5-9(10)11/h3-5,13H,1,6H2,2H3. The molecule has 0 amide bonds. The van der Waals surface area contributed by atoms with Crippen LogP contribution in [0.2, 0.25) is 0 Å². The van der Waals surface area contributed by atoms with E-state index in [4.69, 9.17) is 0 Å². The van der Waals surface area contributed by atoms with E-state index in [-0.39, 0.29) is 15.9 Å². The molecule has 0 unspecified atom stereocenters. The van der Waals surface area contributed by atoms with Crippen LogP contribution in [0.25, 0.3) is 0 Å². The lowest BCUT2D eigenvalue weighted by Gasteiger charge is -2.08. The lowest BCUT2D eigenvalue weighted by molar-refractivity contribution is 0.583. The molecule has 0 fully saturated rings. The van der Waals surface area contributed by atoms with Gasteiger partial charge in [0.05, 0.1) is 4.90 Å². The van der Waals surface area contributed by atoms with Crippen LogP contribution >= 0.6 is 15.9 Å². The quantitative estimate of drug-likeness (QED) is 0.869. The summed E-state index contributed by atoms with van der Waals surface area (Å²) in [6.07, 6.45) is 0. The average Bonchev–Trinajstić information content (AvgIpc) is 2.14. The fourth-order valence-electron chi connectivity index (χ4n) is 0.989. The van der Waals surface area contributed by atoms with E-state index in [9.17, 15) is 12.8 Å². The van der Waals surface area contributed by atoms with Gasteiger partial charge in [-0.05, 0) is 41.1 Å². The van der Waals surface area contributed by atoms with Gasteiger partial charge in [0.2, 0.25) is 10.0 Å². The molecule has 1 aromatic rings. The molecule has 0 spiro atoms. The highest BCUT2D eigenvalue weighted by molar-refractivity contribution is 9.10. The first-order valence-electron chi connectivity index (χ1n) is 4.42. The number of benzene rings is 1. The van der Waals surface area contributed by atoms with Crippen LogP contribution in [-0.4, -0.2) is 15.0 Å². The first-order chi connectivity index (χ1) is 7.33. The molecule has 0 saturated carbocycles. The van der Waals surface area contributed by atoms with Crippen molar-refractivity contribution in [3.05, 3.63) is 40.6 Å². The minimum atomic E-state index is -3.63. The van der Waals surface area contributed by atoms with E-state index in [1.165, 1.54) is 6.07 Å². The van der Waals surface area contributed by atoms with Gasteiger partial charge in [-0.15, -0.1) is 0 Å². The SMILES string of the molecule is C=C(C)CNS(=O)(=O)c1ccc(F)cc1Br. The number of halogens is 2. The van der Waals surface area contributed by atoms with Gasteiger partial charge in [-0.2, -0.15) is 0 Å². The molecule has 3 nitrogen and oxygen atoms in total. The van der Waals surface area contributed by atoms with Crippen LogP contribution in [-0.2, 0) is 10.0 Å². The third-order valence-electron chi connectivity index (χ3n) is 1.75. The van der Waals surface area contributed by atoms with Gasteiger partial charge in [-0.25, -0.2) is 17.5 Å². The highest BCUT2D eigenvalue weighted by Gasteiger charge is 2.17. The summed E-state index contributed by atoms with van der Waals surface area (Å²) < 4.78 is 38.9. The predicted octanol–water partition coefficient (Wildman–Crippen LogP) is 2.44. The van der Waals surface area contributed by atoms with E-state index in [1.54, 1.807) is 6.92 Å². The maximum atomic E-state index is 12.8. The normalized spacial score (nSPS) is 11.4. The molecule has 16 heavy (non-hydrogen) atoms. The molecule has 6 heteroatoms. The first kappa shape index (κ1) is 13.3. The second kappa shape index (κ2) is 5.07. The molecular weight excluding hydrogens is 297 g/mol. The molecule has 0 aliphatic heterocycles. The summed E-state index contributed by atoms with van der Waals surface area (Å²) >= 11 is 3.01. The van der Waals surface area contributed by atoms with Crippen molar-refractivity contribution in [1.29, 1.82) is 0 Å². The molecule has 0 heterocycles. The highest BCUT2D eigenvalue weighted by Crippen LogP contribution is 2.22. The second-order valence-corrected chi connectivity index (χ2v) is 5.95. The van der Waals surface area contributed by atoms with E-state index >= 15 is 0 Å². The summed E-state index contributed by atoms with van der Waals surface area (Å²) in [5.41, 5.74) is 0.696. The maximum absolute atomic E-state index is 12.8. The van der Waals surface area contributed by atoms with E-state index in [0.29, 0.717) is 5.57 Å². The van der Waals surface area contributed by atoms with Crippen LogP contribution in [0.3, 0.4) is 0 Å². The van der Waals surface area contributed by atoms with Crippen molar-refractivity contribution in [2.24, 2.45) is 0 Å². The smallest absolute Gasteiger partial charge is 0.207 e. The van der Waals surface area contributed by atoms with Gasteiger partial charge >= 0.3 is 0 Å². The molecule has 0 bridgehead atoms. The van der Waals surface area contributed by atoms with Crippen molar-refractivity contribution >= 4 is 26.0 Å². The Bertz CT molecular complexity index is 514. The van der Waals surface area contributed by atoms with Gasteiger partial charge in [0.25, 0.3) is 0 Å². The number of rotatable bonds is 4. The van der Waals surface area contributed by atoms with Crippen molar-refractivity contribution in [3.8, 4) is 0 Å². The lowest BCUT2D eigenvalue weighted by atomic mass is 10.3. The van der Waals surface area contributed by atoms with E-state index in [2.05, 4.69) is 27.2 Å². The first-order valence-corrected chi connectivity index (χ1v) is 6.69. The van der Waals surface area contributed by atoms with Gasteiger partial charge in [0, 0.05) is 11.0 Å². The molecule has 1 N–H and O–H groups in total. The summed E-state index contributed by atoms with van der Waals surface area (Å²) in [6.45, 7) is 5.46. The maximum Gasteiger partial charge on any atom is 0.241 e. The molecular formula is C10H11BrFNO2S. The van der Waals surface area contributed by atoms with Gasteiger partial charge in [-0.1, -0.05) is 12.2 Å². The summed E-state index contributed by atoms with van der Waals surface area (Å²) in [5, 5.41) is 0. The van der Waals surface area contributed by atoms with E-state index in [0.717, 1.165) is 12.1 Å². The monoisotopic (exact) mass is 307 g/mol. The summed E-state index contributed by atoms with van der Waals surface area (Å²) in [6, 6.07) is 3.41. The Morgan fingerprint density at radius 1 is 1.56 bits per heavy atom. The predicted molar refractivity (Wildman–Crippen MR) is 64.1 cm³/mol. The summed E-state index contributed by atoms with van der Waals surface area (Å²) in [5.74, 6) is -0.495. The summed E-state index contributed by atoms with van der Waals surface area (Å²) in [4.78, 5) is 0.00940. The second-order valence-electron chi connectivity index (χ2n) is 3.36. The molecule has 0 aromatic heterocycles. The zero-order valence-corrected chi connectivity index (χ0v) is 11.0. The van der Waals surface area contributed by atoms with Gasteiger partial charge in [0.1, 0.15) is 5.82 Å². The van der Waals surface area contributed by atoms with Crippen molar-refractivity contribution in [1.82, 2.24) is 4.72 Å². The molecule has 1 aromatic carbocycles. The average molecular weight is 308 g/mol. The lowest BCUT2D eigenvalue weighted by Crippen LogP contribution is -2.25. The van der Waals surface area contributed by atoms with Gasteiger partial charge in [-0.3, -0.25) is 0 Å². The fourth-order valence-corrected chi connectivity index (χ4v) is 3.13. The van der Waals surface area contributed by atoms with Crippen molar-refractivity contribution < 1.29 is 12.8 Å². The Morgan fingerprint density at radius 3 is 2.69 bits per heavy atom. The van der Waals surface area contributed by atoms with Gasteiger partial charge in [0.15, 0.2) is 0 Å². The Balaban J connectivity index is 3.03. The Hall–Kier alpha value is -0.720. The third-order valence-corrected chi connectivity index (χ3v) is 4.13. The Morgan fingerprint density at radius 2 is 2.19 bits per heavy atom. The molecule has 0 radical (unpaired) electrons. The number of sulfonamides is 1. The minimum absolute atomic E-state index is 0.00940. The van der Waals surface area contributed by atoms with Crippen molar-refractivity contribution in [2.75, 3.05) is 6.54 Å². The molecule has 88 valence electrons.